The Hall–Kier alpha value is -0.860. The van der Waals surface area contributed by atoms with Gasteiger partial charge in [-0.05, 0) is 49.9 Å². The summed E-state index contributed by atoms with van der Waals surface area (Å²) in [5, 5.41) is 3.76. The van der Waals surface area contributed by atoms with Crippen molar-refractivity contribution >= 4 is 0 Å². The molecule has 0 bridgehead atoms. The summed E-state index contributed by atoms with van der Waals surface area (Å²) in [4.78, 5) is 2.57. The van der Waals surface area contributed by atoms with Gasteiger partial charge >= 0.3 is 0 Å². The van der Waals surface area contributed by atoms with Gasteiger partial charge in [0, 0.05) is 18.6 Å². The number of nitrogens with zero attached hydrogens (tertiary/aromatic N) is 1. The molecule has 2 atom stereocenters. The Morgan fingerprint density at radius 1 is 1.29 bits per heavy atom. The molecule has 2 unspecified atom stereocenters. The van der Waals surface area contributed by atoms with Gasteiger partial charge in [-0.25, -0.2) is 0 Å². The van der Waals surface area contributed by atoms with Crippen molar-refractivity contribution in [3.8, 4) is 0 Å². The van der Waals surface area contributed by atoms with Gasteiger partial charge in [0.05, 0.1) is 0 Å². The zero-order valence-corrected chi connectivity index (χ0v) is 14.4. The summed E-state index contributed by atoms with van der Waals surface area (Å²) in [6.07, 6.45) is 3.99. The minimum atomic E-state index is 0.388. The van der Waals surface area contributed by atoms with Crippen LogP contribution in [-0.2, 0) is 6.54 Å². The van der Waals surface area contributed by atoms with Crippen LogP contribution in [-0.4, -0.2) is 30.6 Å². The average Bonchev–Trinajstić information content (AvgIpc) is 2.43. The van der Waals surface area contributed by atoms with E-state index in [4.69, 9.17) is 0 Å². The van der Waals surface area contributed by atoms with Crippen LogP contribution in [0, 0.1) is 12.3 Å². The van der Waals surface area contributed by atoms with Crippen LogP contribution >= 0.6 is 0 Å². The van der Waals surface area contributed by atoms with Gasteiger partial charge in [-0.3, -0.25) is 4.90 Å². The van der Waals surface area contributed by atoms with E-state index in [1.54, 1.807) is 0 Å². The monoisotopic (exact) mass is 288 g/mol. The lowest BCUT2D eigenvalue weighted by molar-refractivity contribution is 0.0597. The van der Waals surface area contributed by atoms with Crippen molar-refractivity contribution in [1.82, 2.24) is 10.2 Å². The minimum Gasteiger partial charge on any atom is -0.312 e. The quantitative estimate of drug-likeness (QED) is 0.881. The highest BCUT2D eigenvalue weighted by Gasteiger charge is 2.40. The predicted octanol–water partition coefficient (Wildman–Crippen LogP) is 3.98. The first kappa shape index (κ1) is 16.5. The smallest absolute Gasteiger partial charge is 0.0274 e. The van der Waals surface area contributed by atoms with Gasteiger partial charge in [-0.2, -0.15) is 0 Å². The zero-order valence-electron chi connectivity index (χ0n) is 14.4. The van der Waals surface area contributed by atoms with Gasteiger partial charge in [-0.1, -0.05) is 51.5 Å². The number of benzene rings is 1. The van der Waals surface area contributed by atoms with Gasteiger partial charge in [0.2, 0.25) is 0 Å². The second-order valence-corrected chi connectivity index (χ2v) is 7.33. The molecule has 21 heavy (non-hydrogen) atoms. The maximum Gasteiger partial charge on any atom is 0.0274 e. The van der Waals surface area contributed by atoms with Crippen molar-refractivity contribution in [2.24, 2.45) is 5.41 Å². The molecule has 0 saturated heterocycles. The van der Waals surface area contributed by atoms with Crippen molar-refractivity contribution in [1.29, 1.82) is 0 Å². The summed E-state index contributed by atoms with van der Waals surface area (Å²) >= 11 is 0. The lowest BCUT2D eigenvalue weighted by Gasteiger charge is -2.48. The van der Waals surface area contributed by atoms with Crippen molar-refractivity contribution < 1.29 is 0 Å². The molecule has 1 aliphatic rings. The van der Waals surface area contributed by atoms with Gasteiger partial charge in [0.1, 0.15) is 0 Å². The van der Waals surface area contributed by atoms with E-state index < -0.39 is 0 Å². The van der Waals surface area contributed by atoms with Gasteiger partial charge in [0.15, 0.2) is 0 Å². The van der Waals surface area contributed by atoms with Crippen molar-refractivity contribution in [3.63, 3.8) is 0 Å². The highest BCUT2D eigenvalue weighted by atomic mass is 15.2. The summed E-state index contributed by atoms with van der Waals surface area (Å²) in [6.45, 7) is 11.4. The average molecular weight is 288 g/mol. The third-order valence-corrected chi connectivity index (χ3v) is 5.22. The fourth-order valence-corrected chi connectivity index (χ4v) is 3.89. The van der Waals surface area contributed by atoms with Crippen LogP contribution in [0.3, 0.4) is 0 Å². The van der Waals surface area contributed by atoms with E-state index >= 15 is 0 Å². The first-order chi connectivity index (χ1) is 9.95. The molecule has 1 aliphatic carbocycles. The Bertz CT molecular complexity index is 453. The Morgan fingerprint density at radius 2 is 2.00 bits per heavy atom. The van der Waals surface area contributed by atoms with Crippen LogP contribution in [0.4, 0.5) is 0 Å². The van der Waals surface area contributed by atoms with E-state index in [9.17, 15) is 0 Å². The Kier molecular flexibility index (Phi) is 5.45. The molecule has 0 spiro atoms. The SMILES string of the molecule is CCNC1C(N(C)Cc2ccccc2C)CCCC1(C)C. The maximum absolute atomic E-state index is 3.76. The van der Waals surface area contributed by atoms with Crippen LogP contribution < -0.4 is 5.32 Å². The second-order valence-electron chi connectivity index (χ2n) is 7.33. The predicted molar refractivity (Wildman–Crippen MR) is 91.5 cm³/mol. The first-order valence-corrected chi connectivity index (χ1v) is 8.44. The summed E-state index contributed by atoms with van der Waals surface area (Å²) in [6, 6.07) is 9.99. The highest BCUT2D eigenvalue weighted by Crippen LogP contribution is 2.37. The number of nitrogens with one attached hydrogen (secondary N) is 1. The van der Waals surface area contributed by atoms with Crippen molar-refractivity contribution in [2.45, 2.75) is 65.6 Å². The highest BCUT2D eigenvalue weighted by molar-refractivity contribution is 5.25. The molecule has 1 N–H and O–H groups in total. The first-order valence-electron chi connectivity index (χ1n) is 8.44. The van der Waals surface area contributed by atoms with Crippen LogP contribution in [0.15, 0.2) is 24.3 Å². The van der Waals surface area contributed by atoms with Crippen molar-refractivity contribution in [2.75, 3.05) is 13.6 Å². The number of hydrogen-bond acceptors (Lipinski definition) is 2. The summed E-state index contributed by atoms with van der Waals surface area (Å²) in [7, 11) is 2.29. The lowest BCUT2D eigenvalue weighted by atomic mass is 9.70. The fraction of sp³-hybridized carbons (Fsp3) is 0.684. The molecule has 0 radical (unpaired) electrons. The van der Waals surface area contributed by atoms with Gasteiger partial charge < -0.3 is 5.32 Å². The molecule has 1 aromatic rings. The standard InChI is InChI=1S/C19H32N2/c1-6-20-18-17(12-9-13-19(18,3)4)21(5)14-16-11-8-7-10-15(16)2/h7-8,10-11,17-18,20H,6,9,12-14H2,1-5H3. The van der Waals surface area contributed by atoms with Crippen LogP contribution in [0.2, 0.25) is 0 Å². The zero-order chi connectivity index (χ0) is 15.5. The summed E-state index contributed by atoms with van der Waals surface area (Å²) < 4.78 is 0. The second kappa shape index (κ2) is 6.93. The van der Waals surface area contributed by atoms with E-state index in [-0.39, 0.29) is 0 Å². The Morgan fingerprint density at radius 3 is 2.67 bits per heavy atom. The molecule has 0 heterocycles. The van der Waals surface area contributed by atoms with E-state index in [1.807, 2.05) is 0 Å². The topological polar surface area (TPSA) is 15.3 Å². The molecule has 1 saturated carbocycles. The van der Waals surface area contributed by atoms with Crippen LogP contribution in [0.1, 0.15) is 51.2 Å². The largest absolute Gasteiger partial charge is 0.312 e. The van der Waals surface area contributed by atoms with Gasteiger partial charge in [0.25, 0.3) is 0 Å². The van der Waals surface area contributed by atoms with E-state index in [0.717, 1.165) is 13.1 Å². The number of hydrogen-bond donors (Lipinski definition) is 1. The number of aryl methyl sites for hydroxylation is 1. The van der Waals surface area contributed by atoms with E-state index in [1.165, 1.54) is 30.4 Å². The molecule has 1 aromatic carbocycles. The molecule has 0 amide bonds. The molecule has 0 aromatic heterocycles. The summed E-state index contributed by atoms with van der Waals surface area (Å²) in [5.74, 6) is 0. The van der Waals surface area contributed by atoms with E-state index in [0.29, 0.717) is 17.5 Å². The molecule has 2 nitrogen and oxygen atoms in total. The fourth-order valence-electron chi connectivity index (χ4n) is 3.89. The van der Waals surface area contributed by atoms with Gasteiger partial charge in [-0.15, -0.1) is 0 Å². The summed E-state index contributed by atoms with van der Waals surface area (Å²) in [5.41, 5.74) is 3.25. The third kappa shape index (κ3) is 3.87. The molecular formula is C19H32N2. The maximum atomic E-state index is 3.76. The number of rotatable bonds is 5. The van der Waals surface area contributed by atoms with Crippen LogP contribution in [0.5, 0.6) is 0 Å². The lowest BCUT2D eigenvalue weighted by Crippen LogP contribution is -2.57. The molecule has 118 valence electrons. The molecule has 2 heteroatoms. The Balaban J connectivity index is 2.12. The van der Waals surface area contributed by atoms with Crippen molar-refractivity contribution in [3.05, 3.63) is 35.4 Å². The number of likely N-dealkylation sites (N-methyl/N-ethyl adjacent to an activating group) is 2. The normalized spacial score (nSPS) is 25.2. The van der Waals surface area contributed by atoms with E-state index in [2.05, 4.69) is 69.2 Å². The molecule has 2 rings (SSSR count). The third-order valence-electron chi connectivity index (χ3n) is 5.22. The molecule has 1 fully saturated rings. The minimum absolute atomic E-state index is 0.388. The molecular weight excluding hydrogens is 256 g/mol. The van der Waals surface area contributed by atoms with Crippen LogP contribution in [0.25, 0.3) is 0 Å². The molecule has 0 aliphatic heterocycles. The Labute approximate surface area is 130 Å².